The Hall–Kier alpha value is -0.230. The molecule has 0 aliphatic heterocycles. The number of fused-ring (bicyclic) bond motifs is 1. The first-order chi connectivity index (χ1) is 6.18. The maximum Gasteiger partial charge on any atom is 0.197 e. The fourth-order valence-corrected chi connectivity index (χ4v) is 2.61. The SMILES string of the molecule is Cc1nc(Br)nc2cccc(I)c12. The minimum atomic E-state index is 0.652. The van der Waals surface area contributed by atoms with E-state index in [0.717, 1.165) is 16.6 Å². The van der Waals surface area contributed by atoms with Gasteiger partial charge in [0.25, 0.3) is 0 Å². The summed E-state index contributed by atoms with van der Waals surface area (Å²) in [5.74, 6) is 0. The maximum atomic E-state index is 4.30. The highest BCUT2D eigenvalue weighted by Crippen LogP contribution is 2.22. The molecule has 0 spiro atoms. The Morgan fingerprint density at radius 2 is 2.08 bits per heavy atom. The van der Waals surface area contributed by atoms with E-state index in [2.05, 4.69) is 54.6 Å². The number of halogens is 2. The van der Waals surface area contributed by atoms with Crippen LogP contribution in [0.15, 0.2) is 22.9 Å². The van der Waals surface area contributed by atoms with Crippen LogP contribution in [-0.2, 0) is 0 Å². The van der Waals surface area contributed by atoms with Crippen molar-refractivity contribution in [2.24, 2.45) is 0 Å². The molecule has 2 nitrogen and oxygen atoms in total. The fraction of sp³-hybridized carbons (Fsp3) is 0.111. The molecule has 0 atom stereocenters. The van der Waals surface area contributed by atoms with Crippen LogP contribution in [0.4, 0.5) is 0 Å². The predicted molar refractivity (Wildman–Crippen MR) is 64.7 cm³/mol. The van der Waals surface area contributed by atoms with Crippen molar-refractivity contribution in [3.05, 3.63) is 32.2 Å². The van der Waals surface area contributed by atoms with Gasteiger partial charge in [-0.2, -0.15) is 0 Å². The third-order valence-corrected chi connectivity index (χ3v) is 3.08. The molecule has 2 rings (SSSR count). The van der Waals surface area contributed by atoms with Gasteiger partial charge in [-0.15, -0.1) is 0 Å². The van der Waals surface area contributed by atoms with E-state index in [-0.39, 0.29) is 0 Å². The molecule has 0 fully saturated rings. The first kappa shape index (κ1) is 9.33. The smallest absolute Gasteiger partial charge is 0.197 e. The summed E-state index contributed by atoms with van der Waals surface area (Å²) in [6.45, 7) is 2.00. The van der Waals surface area contributed by atoms with E-state index in [0.29, 0.717) is 4.73 Å². The van der Waals surface area contributed by atoms with Crippen LogP contribution in [0.25, 0.3) is 10.9 Å². The number of rotatable bonds is 0. The van der Waals surface area contributed by atoms with Crippen LogP contribution in [0, 0.1) is 10.5 Å². The Balaban J connectivity index is 2.94. The monoisotopic (exact) mass is 348 g/mol. The Morgan fingerprint density at radius 3 is 2.85 bits per heavy atom. The third-order valence-electron chi connectivity index (χ3n) is 1.83. The van der Waals surface area contributed by atoms with Gasteiger partial charge in [-0.3, -0.25) is 0 Å². The van der Waals surface area contributed by atoms with E-state index in [1.807, 2.05) is 19.1 Å². The number of benzene rings is 1. The Morgan fingerprint density at radius 1 is 1.31 bits per heavy atom. The predicted octanol–water partition coefficient (Wildman–Crippen LogP) is 3.31. The van der Waals surface area contributed by atoms with Gasteiger partial charge in [0.15, 0.2) is 4.73 Å². The number of hydrogen-bond acceptors (Lipinski definition) is 2. The molecule has 0 radical (unpaired) electrons. The summed E-state index contributed by atoms with van der Waals surface area (Å²) in [5, 5.41) is 1.14. The largest absolute Gasteiger partial charge is 0.227 e. The van der Waals surface area contributed by atoms with E-state index < -0.39 is 0 Å². The molecule has 1 aromatic heterocycles. The molecule has 0 aliphatic carbocycles. The Labute approximate surface area is 98.0 Å². The van der Waals surface area contributed by atoms with Crippen molar-refractivity contribution in [2.75, 3.05) is 0 Å². The zero-order chi connectivity index (χ0) is 9.42. The van der Waals surface area contributed by atoms with Gasteiger partial charge in [-0.25, -0.2) is 9.97 Å². The molecule has 2 aromatic rings. The zero-order valence-corrected chi connectivity index (χ0v) is 10.6. The van der Waals surface area contributed by atoms with Crippen molar-refractivity contribution < 1.29 is 0 Å². The second kappa shape index (κ2) is 3.49. The van der Waals surface area contributed by atoms with Gasteiger partial charge in [-0.05, 0) is 57.6 Å². The van der Waals surface area contributed by atoms with Gasteiger partial charge in [0.1, 0.15) is 0 Å². The van der Waals surface area contributed by atoms with Crippen LogP contribution >= 0.6 is 38.5 Å². The number of nitrogens with zero attached hydrogens (tertiary/aromatic N) is 2. The lowest BCUT2D eigenvalue weighted by atomic mass is 10.2. The normalized spacial score (nSPS) is 10.7. The van der Waals surface area contributed by atoms with Crippen molar-refractivity contribution in [3.8, 4) is 0 Å². The third kappa shape index (κ3) is 1.69. The summed E-state index contributed by atoms with van der Waals surface area (Å²) in [6, 6.07) is 6.06. The molecular weight excluding hydrogens is 343 g/mol. The van der Waals surface area contributed by atoms with Crippen LogP contribution < -0.4 is 0 Å². The van der Waals surface area contributed by atoms with Crippen molar-refractivity contribution in [1.29, 1.82) is 0 Å². The molecule has 0 saturated carbocycles. The second-order valence-electron chi connectivity index (χ2n) is 2.71. The van der Waals surface area contributed by atoms with E-state index >= 15 is 0 Å². The average Bonchev–Trinajstić information content (AvgIpc) is 2.02. The number of aryl methyl sites for hydroxylation is 1. The second-order valence-corrected chi connectivity index (χ2v) is 4.58. The van der Waals surface area contributed by atoms with Crippen LogP contribution in [0.1, 0.15) is 5.69 Å². The zero-order valence-electron chi connectivity index (χ0n) is 6.88. The molecule has 13 heavy (non-hydrogen) atoms. The summed E-state index contributed by atoms with van der Waals surface area (Å²) >= 11 is 5.58. The molecule has 0 bridgehead atoms. The van der Waals surface area contributed by atoms with Crippen molar-refractivity contribution in [1.82, 2.24) is 9.97 Å². The molecule has 0 aliphatic rings. The molecule has 1 aromatic carbocycles. The molecule has 1 heterocycles. The van der Waals surface area contributed by atoms with Gasteiger partial charge in [0.2, 0.25) is 0 Å². The summed E-state index contributed by atoms with van der Waals surface area (Å²) < 4.78 is 1.85. The highest BCUT2D eigenvalue weighted by atomic mass is 127. The fourth-order valence-electron chi connectivity index (χ4n) is 1.28. The van der Waals surface area contributed by atoms with Crippen LogP contribution in [0.3, 0.4) is 0 Å². The molecule has 0 N–H and O–H groups in total. The van der Waals surface area contributed by atoms with Crippen molar-refractivity contribution in [3.63, 3.8) is 0 Å². The van der Waals surface area contributed by atoms with Crippen LogP contribution in [-0.4, -0.2) is 9.97 Å². The standard InChI is InChI=1S/C9H6BrIN2/c1-5-8-6(11)3-2-4-7(8)13-9(10)12-5/h2-4H,1H3. The minimum Gasteiger partial charge on any atom is -0.227 e. The van der Waals surface area contributed by atoms with Gasteiger partial charge >= 0.3 is 0 Å². The van der Waals surface area contributed by atoms with Crippen molar-refractivity contribution in [2.45, 2.75) is 6.92 Å². The van der Waals surface area contributed by atoms with Gasteiger partial charge in [-0.1, -0.05) is 6.07 Å². The molecule has 4 heteroatoms. The first-order valence-electron chi connectivity index (χ1n) is 3.77. The lowest BCUT2D eigenvalue weighted by Crippen LogP contribution is -1.91. The van der Waals surface area contributed by atoms with Gasteiger partial charge in [0.05, 0.1) is 11.2 Å². The maximum absolute atomic E-state index is 4.30. The average molecular weight is 349 g/mol. The van der Waals surface area contributed by atoms with Gasteiger partial charge in [0, 0.05) is 8.96 Å². The van der Waals surface area contributed by atoms with E-state index in [9.17, 15) is 0 Å². The minimum absolute atomic E-state index is 0.652. The van der Waals surface area contributed by atoms with Crippen LogP contribution in [0.5, 0.6) is 0 Å². The molecule has 0 saturated heterocycles. The first-order valence-corrected chi connectivity index (χ1v) is 5.64. The highest BCUT2D eigenvalue weighted by Gasteiger charge is 2.04. The number of aromatic nitrogens is 2. The van der Waals surface area contributed by atoms with Gasteiger partial charge < -0.3 is 0 Å². The Bertz CT molecular complexity index is 470. The van der Waals surface area contributed by atoms with E-state index in [1.165, 1.54) is 3.57 Å². The topological polar surface area (TPSA) is 25.8 Å². The Kier molecular flexibility index (Phi) is 2.51. The van der Waals surface area contributed by atoms with E-state index in [1.54, 1.807) is 0 Å². The lowest BCUT2D eigenvalue weighted by Gasteiger charge is -2.03. The molecule has 0 amide bonds. The summed E-state index contributed by atoms with van der Waals surface area (Å²) in [6.07, 6.45) is 0. The molecule has 0 unspecified atom stereocenters. The highest BCUT2D eigenvalue weighted by molar-refractivity contribution is 14.1. The molecular formula is C9H6BrIN2. The molecule has 66 valence electrons. The summed E-state index contributed by atoms with van der Waals surface area (Å²) in [7, 11) is 0. The van der Waals surface area contributed by atoms with Crippen LogP contribution in [0.2, 0.25) is 0 Å². The quantitative estimate of drug-likeness (QED) is 0.539. The van der Waals surface area contributed by atoms with Crippen molar-refractivity contribution >= 4 is 49.4 Å². The number of hydrogen-bond donors (Lipinski definition) is 0. The van der Waals surface area contributed by atoms with E-state index in [4.69, 9.17) is 0 Å². The summed E-state index contributed by atoms with van der Waals surface area (Å²) in [4.78, 5) is 8.56. The summed E-state index contributed by atoms with van der Waals surface area (Å²) in [5.41, 5.74) is 2.01. The lowest BCUT2D eigenvalue weighted by molar-refractivity contribution is 1.10.